The van der Waals surface area contributed by atoms with Crippen LogP contribution in [0.3, 0.4) is 0 Å². The highest BCUT2D eigenvalue weighted by Crippen LogP contribution is 2.25. The zero-order chi connectivity index (χ0) is 15.4. The van der Waals surface area contributed by atoms with Gasteiger partial charge >= 0.3 is 0 Å². The lowest BCUT2D eigenvalue weighted by molar-refractivity contribution is 0.303. The third-order valence-corrected chi connectivity index (χ3v) is 3.59. The van der Waals surface area contributed by atoms with E-state index in [0.29, 0.717) is 33.7 Å². The molecular formula is C16H16ClNO2S. The number of rotatable bonds is 5. The number of methoxy groups -OCH3 is 1. The first-order valence-electron chi connectivity index (χ1n) is 6.36. The minimum absolute atomic E-state index is 0.298. The number of nitrogens with two attached hydrogens (primary N) is 1. The molecule has 0 aliphatic heterocycles. The fraction of sp³-hybridized carbons (Fsp3) is 0.188. The van der Waals surface area contributed by atoms with Crippen molar-refractivity contribution in [2.75, 3.05) is 7.11 Å². The van der Waals surface area contributed by atoms with Crippen LogP contribution in [0.2, 0.25) is 5.02 Å². The molecule has 3 nitrogen and oxygen atoms in total. The molecule has 0 bridgehead atoms. The Hall–Kier alpha value is -1.78. The third-order valence-electron chi connectivity index (χ3n) is 3.00. The van der Waals surface area contributed by atoms with E-state index in [1.54, 1.807) is 25.3 Å². The van der Waals surface area contributed by atoms with E-state index in [-0.39, 0.29) is 0 Å². The fourth-order valence-electron chi connectivity index (χ4n) is 1.85. The van der Waals surface area contributed by atoms with Crippen molar-refractivity contribution in [1.82, 2.24) is 0 Å². The minimum atomic E-state index is 0.298. The fourth-order valence-corrected chi connectivity index (χ4v) is 2.25. The molecule has 110 valence electrons. The lowest BCUT2D eigenvalue weighted by Gasteiger charge is -2.11. The van der Waals surface area contributed by atoms with Crippen molar-refractivity contribution in [3.8, 4) is 11.5 Å². The number of benzene rings is 2. The molecule has 0 spiro atoms. The van der Waals surface area contributed by atoms with Crippen molar-refractivity contribution >= 4 is 28.8 Å². The molecule has 0 aromatic heterocycles. The van der Waals surface area contributed by atoms with Gasteiger partial charge in [0.05, 0.1) is 7.11 Å². The summed E-state index contributed by atoms with van der Waals surface area (Å²) in [5, 5.41) is 0.687. The van der Waals surface area contributed by atoms with Crippen LogP contribution >= 0.6 is 23.8 Å². The van der Waals surface area contributed by atoms with Crippen molar-refractivity contribution < 1.29 is 9.47 Å². The van der Waals surface area contributed by atoms with E-state index < -0.39 is 0 Å². The summed E-state index contributed by atoms with van der Waals surface area (Å²) in [6.07, 6.45) is 0. The van der Waals surface area contributed by atoms with Gasteiger partial charge in [0, 0.05) is 22.2 Å². The molecular weight excluding hydrogens is 306 g/mol. The number of hydrogen-bond donors (Lipinski definition) is 1. The molecule has 0 aliphatic carbocycles. The van der Waals surface area contributed by atoms with Crippen LogP contribution in [0.4, 0.5) is 0 Å². The number of thiocarbonyl (C=S) groups is 1. The average molecular weight is 322 g/mol. The van der Waals surface area contributed by atoms with E-state index in [9.17, 15) is 0 Å². The standard InChI is InChI=1S/C16H16ClNO2S/c1-10-3-4-11(15(17)5-10)9-20-14-7-12(16(18)21)6-13(8-14)19-2/h3-8H,9H2,1-2H3,(H2,18,21). The number of halogens is 1. The minimum Gasteiger partial charge on any atom is -0.497 e. The maximum atomic E-state index is 6.19. The van der Waals surface area contributed by atoms with E-state index in [0.717, 1.165) is 11.1 Å². The highest BCUT2D eigenvalue weighted by atomic mass is 35.5. The zero-order valence-corrected chi connectivity index (χ0v) is 13.4. The molecule has 2 N–H and O–H groups in total. The monoisotopic (exact) mass is 321 g/mol. The van der Waals surface area contributed by atoms with E-state index >= 15 is 0 Å². The molecule has 0 atom stereocenters. The number of aryl methyl sites for hydroxylation is 1. The van der Waals surface area contributed by atoms with Gasteiger partial charge in [0.25, 0.3) is 0 Å². The normalized spacial score (nSPS) is 10.2. The van der Waals surface area contributed by atoms with Crippen LogP contribution in [-0.2, 0) is 6.61 Å². The second-order valence-corrected chi connectivity index (χ2v) is 5.49. The maximum absolute atomic E-state index is 6.19. The summed E-state index contributed by atoms with van der Waals surface area (Å²) in [6, 6.07) is 11.2. The third kappa shape index (κ3) is 4.09. The van der Waals surface area contributed by atoms with Gasteiger partial charge in [0.15, 0.2) is 0 Å². The topological polar surface area (TPSA) is 44.5 Å². The Balaban J connectivity index is 2.19. The Labute approximate surface area is 134 Å². The van der Waals surface area contributed by atoms with Gasteiger partial charge in [-0.25, -0.2) is 0 Å². The highest BCUT2D eigenvalue weighted by molar-refractivity contribution is 7.80. The summed E-state index contributed by atoms with van der Waals surface area (Å²) in [5.41, 5.74) is 8.39. The predicted octanol–water partition coefficient (Wildman–Crippen LogP) is 3.87. The molecule has 0 heterocycles. The van der Waals surface area contributed by atoms with Gasteiger partial charge in [-0.3, -0.25) is 0 Å². The van der Waals surface area contributed by atoms with Gasteiger partial charge in [0.2, 0.25) is 0 Å². The smallest absolute Gasteiger partial charge is 0.124 e. The van der Waals surface area contributed by atoms with Crippen molar-refractivity contribution in [3.63, 3.8) is 0 Å². The summed E-state index contributed by atoms with van der Waals surface area (Å²) < 4.78 is 11.0. The van der Waals surface area contributed by atoms with Crippen LogP contribution in [0, 0.1) is 6.92 Å². The number of ether oxygens (including phenoxy) is 2. The molecule has 0 radical (unpaired) electrons. The van der Waals surface area contributed by atoms with Crippen LogP contribution < -0.4 is 15.2 Å². The predicted molar refractivity (Wildman–Crippen MR) is 89.4 cm³/mol. The average Bonchev–Trinajstić information content (AvgIpc) is 2.46. The molecule has 0 amide bonds. The molecule has 0 aliphatic rings. The quantitative estimate of drug-likeness (QED) is 0.849. The van der Waals surface area contributed by atoms with Gasteiger partial charge in [-0.1, -0.05) is 36.0 Å². The first-order valence-corrected chi connectivity index (χ1v) is 7.15. The maximum Gasteiger partial charge on any atom is 0.124 e. The van der Waals surface area contributed by atoms with E-state index in [4.69, 9.17) is 39.0 Å². The van der Waals surface area contributed by atoms with Crippen LogP contribution in [-0.4, -0.2) is 12.1 Å². The first-order chi connectivity index (χ1) is 9.99. The molecule has 5 heteroatoms. The number of hydrogen-bond acceptors (Lipinski definition) is 3. The Bertz CT molecular complexity index is 673. The SMILES string of the molecule is COc1cc(OCc2ccc(C)cc2Cl)cc(C(N)=S)c1. The summed E-state index contributed by atoms with van der Waals surface area (Å²) >= 11 is 11.2. The van der Waals surface area contributed by atoms with Crippen LogP contribution in [0.15, 0.2) is 36.4 Å². The first kappa shape index (κ1) is 15.6. The Morgan fingerprint density at radius 3 is 2.52 bits per heavy atom. The molecule has 2 aromatic carbocycles. The van der Waals surface area contributed by atoms with Crippen LogP contribution in [0.1, 0.15) is 16.7 Å². The molecule has 0 saturated heterocycles. The van der Waals surface area contributed by atoms with Crippen molar-refractivity contribution in [2.24, 2.45) is 5.73 Å². The summed E-state index contributed by atoms with van der Waals surface area (Å²) in [6.45, 7) is 2.36. The molecule has 21 heavy (non-hydrogen) atoms. The Kier molecular flexibility index (Phi) is 5.04. The lowest BCUT2D eigenvalue weighted by atomic mass is 10.1. The molecule has 0 saturated carbocycles. The van der Waals surface area contributed by atoms with Gasteiger partial charge in [-0.15, -0.1) is 0 Å². The molecule has 0 unspecified atom stereocenters. The second-order valence-electron chi connectivity index (χ2n) is 4.65. The second kappa shape index (κ2) is 6.78. The van der Waals surface area contributed by atoms with Gasteiger partial charge in [-0.2, -0.15) is 0 Å². The molecule has 2 aromatic rings. The van der Waals surface area contributed by atoms with Gasteiger partial charge in [0.1, 0.15) is 23.1 Å². The van der Waals surface area contributed by atoms with E-state index in [1.165, 1.54) is 0 Å². The van der Waals surface area contributed by atoms with E-state index in [1.807, 2.05) is 25.1 Å². The molecule has 2 rings (SSSR count). The molecule has 0 fully saturated rings. The van der Waals surface area contributed by atoms with Crippen molar-refractivity contribution in [1.29, 1.82) is 0 Å². The van der Waals surface area contributed by atoms with Crippen LogP contribution in [0.25, 0.3) is 0 Å². The lowest BCUT2D eigenvalue weighted by Crippen LogP contribution is -2.10. The van der Waals surface area contributed by atoms with Gasteiger partial charge in [-0.05, 0) is 30.7 Å². The summed E-state index contributed by atoms with van der Waals surface area (Å²) in [7, 11) is 1.58. The highest BCUT2D eigenvalue weighted by Gasteiger charge is 2.06. The summed E-state index contributed by atoms with van der Waals surface area (Å²) in [5.74, 6) is 1.28. The van der Waals surface area contributed by atoms with Crippen molar-refractivity contribution in [2.45, 2.75) is 13.5 Å². The van der Waals surface area contributed by atoms with Gasteiger partial charge < -0.3 is 15.2 Å². The zero-order valence-electron chi connectivity index (χ0n) is 11.9. The van der Waals surface area contributed by atoms with E-state index in [2.05, 4.69) is 0 Å². The van der Waals surface area contributed by atoms with Crippen LogP contribution in [0.5, 0.6) is 11.5 Å². The Morgan fingerprint density at radius 2 is 1.90 bits per heavy atom. The van der Waals surface area contributed by atoms with Crippen molar-refractivity contribution in [3.05, 3.63) is 58.1 Å². The Morgan fingerprint density at radius 1 is 1.19 bits per heavy atom. The largest absolute Gasteiger partial charge is 0.497 e. The summed E-state index contributed by atoms with van der Waals surface area (Å²) in [4.78, 5) is 0.298.